The van der Waals surface area contributed by atoms with Crippen molar-refractivity contribution in [3.05, 3.63) is 65.7 Å². The van der Waals surface area contributed by atoms with Gasteiger partial charge in [0.2, 0.25) is 11.8 Å². The van der Waals surface area contributed by atoms with Gasteiger partial charge in [-0.1, -0.05) is 48.5 Å². The minimum atomic E-state index is -0.729. The Morgan fingerprint density at radius 2 is 1.85 bits per heavy atom. The monoisotopic (exact) mass is 451 g/mol. The number of piperidine rings is 1. The number of esters is 1. The van der Waals surface area contributed by atoms with Crippen LogP contribution in [0.3, 0.4) is 0 Å². The lowest BCUT2D eigenvalue weighted by Gasteiger charge is -2.22. The third-order valence-electron chi connectivity index (χ3n) is 5.76. The average molecular weight is 452 g/mol. The molecule has 1 saturated heterocycles. The fourth-order valence-electron chi connectivity index (χ4n) is 3.97. The lowest BCUT2D eigenvalue weighted by molar-refractivity contribution is -0.147. The Kier molecular flexibility index (Phi) is 9.44. The van der Waals surface area contributed by atoms with E-state index in [1.54, 1.807) is 13.0 Å². The second kappa shape index (κ2) is 12.7. The number of anilines is 1. The summed E-state index contributed by atoms with van der Waals surface area (Å²) in [4.78, 5) is 37.9. The minimum Gasteiger partial charge on any atom is -0.464 e. The standard InChI is InChI=1S/C26H33N3O4/c1-2-33-26(32)23(15-14-19-9-4-3-5-10-19)28-24(30)17-20-11-6-7-13-22(20)29-25(31)21-12-8-16-27-18-21/h3-7,9-11,13,21,23,27H,2,8,12,14-18H2,1H3,(H,28,30)(H,29,31). The molecule has 2 atom stereocenters. The van der Waals surface area contributed by atoms with Crippen molar-refractivity contribution in [3.8, 4) is 0 Å². The third kappa shape index (κ3) is 7.71. The Bertz CT molecular complexity index is 926. The summed E-state index contributed by atoms with van der Waals surface area (Å²) in [5.74, 6) is -0.843. The lowest BCUT2D eigenvalue weighted by atomic mass is 9.98. The fraction of sp³-hybridized carbons (Fsp3) is 0.423. The first-order valence-electron chi connectivity index (χ1n) is 11.7. The van der Waals surface area contributed by atoms with E-state index >= 15 is 0 Å². The number of ether oxygens (including phenoxy) is 1. The number of hydrogen-bond donors (Lipinski definition) is 3. The Hall–Kier alpha value is -3.19. The number of carbonyl (C=O) groups excluding carboxylic acids is 3. The van der Waals surface area contributed by atoms with Crippen LogP contribution in [0.1, 0.15) is 37.3 Å². The lowest BCUT2D eigenvalue weighted by Crippen LogP contribution is -2.43. The van der Waals surface area contributed by atoms with Gasteiger partial charge >= 0.3 is 5.97 Å². The number of carbonyl (C=O) groups is 3. The molecule has 33 heavy (non-hydrogen) atoms. The molecule has 2 unspecified atom stereocenters. The first kappa shape index (κ1) is 24.5. The van der Waals surface area contributed by atoms with Crippen molar-refractivity contribution >= 4 is 23.5 Å². The Morgan fingerprint density at radius 1 is 1.09 bits per heavy atom. The van der Waals surface area contributed by atoms with Gasteiger partial charge in [-0.25, -0.2) is 4.79 Å². The van der Waals surface area contributed by atoms with E-state index in [-0.39, 0.29) is 30.8 Å². The summed E-state index contributed by atoms with van der Waals surface area (Å²) < 4.78 is 5.17. The highest BCUT2D eigenvalue weighted by atomic mass is 16.5. The highest BCUT2D eigenvalue weighted by Crippen LogP contribution is 2.19. The number of hydrogen-bond acceptors (Lipinski definition) is 5. The molecule has 2 amide bonds. The van der Waals surface area contributed by atoms with Crippen molar-refractivity contribution in [1.29, 1.82) is 0 Å². The molecule has 3 N–H and O–H groups in total. The van der Waals surface area contributed by atoms with Crippen LogP contribution in [0.25, 0.3) is 0 Å². The molecule has 7 heteroatoms. The molecule has 0 saturated carbocycles. The van der Waals surface area contributed by atoms with Crippen LogP contribution in [0.4, 0.5) is 5.69 Å². The van der Waals surface area contributed by atoms with Crippen LogP contribution in [0.2, 0.25) is 0 Å². The molecule has 2 aromatic rings. The SMILES string of the molecule is CCOC(=O)C(CCc1ccccc1)NC(=O)Cc1ccccc1NC(=O)C1CCCNC1. The van der Waals surface area contributed by atoms with Gasteiger partial charge in [-0.2, -0.15) is 0 Å². The highest BCUT2D eigenvalue weighted by molar-refractivity contribution is 5.94. The maximum absolute atomic E-state index is 12.8. The molecule has 7 nitrogen and oxygen atoms in total. The van der Waals surface area contributed by atoms with Gasteiger partial charge in [-0.05, 0) is 56.3 Å². The van der Waals surface area contributed by atoms with E-state index in [1.165, 1.54) is 0 Å². The van der Waals surface area contributed by atoms with Gasteiger partial charge in [-0.15, -0.1) is 0 Å². The van der Waals surface area contributed by atoms with Crippen molar-refractivity contribution in [2.24, 2.45) is 5.92 Å². The number of rotatable bonds is 10. The first-order valence-corrected chi connectivity index (χ1v) is 11.7. The van der Waals surface area contributed by atoms with Crippen LogP contribution >= 0.6 is 0 Å². The topological polar surface area (TPSA) is 96.5 Å². The molecule has 0 radical (unpaired) electrons. The smallest absolute Gasteiger partial charge is 0.328 e. The van der Waals surface area contributed by atoms with Crippen LogP contribution in [0.5, 0.6) is 0 Å². The van der Waals surface area contributed by atoms with Crippen LogP contribution < -0.4 is 16.0 Å². The Morgan fingerprint density at radius 3 is 2.58 bits per heavy atom. The summed E-state index contributed by atoms with van der Waals surface area (Å²) in [6.45, 7) is 3.60. The molecule has 0 spiro atoms. The maximum Gasteiger partial charge on any atom is 0.328 e. The summed E-state index contributed by atoms with van der Waals surface area (Å²) in [6, 6.07) is 16.4. The van der Waals surface area contributed by atoms with Crippen molar-refractivity contribution in [1.82, 2.24) is 10.6 Å². The number of aryl methyl sites for hydroxylation is 1. The molecule has 0 aromatic heterocycles. The molecular weight excluding hydrogens is 418 g/mol. The zero-order valence-electron chi connectivity index (χ0n) is 19.1. The van der Waals surface area contributed by atoms with E-state index in [0.29, 0.717) is 30.6 Å². The first-order chi connectivity index (χ1) is 16.1. The summed E-state index contributed by atoms with van der Waals surface area (Å²) in [5.41, 5.74) is 2.42. The fourth-order valence-corrected chi connectivity index (χ4v) is 3.97. The largest absolute Gasteiger partial charge is 0.464 e. The summed E-state index contributed by atoms with van der Waals surface area (Å²) in [5, 5.41) is 9.05. The molecule has 1 heterocycles. The summed E-state index contributed by atoms with van der Waals surface area (Å²) in [6.07, 6.45) is 2.97. The minimum absolute atomic E-state index is 0.0395. The van der Waals surface area contributed by atoms with Gasteiger partial charge in [0.15, 0.2) is 0 Å². The maximum atomic E-state index is 12.8. The van der Waals surface area contributed by atoms with Crippen molar-refractivity contribution < 1.29 is 19.1 Å². The number of benzene rings is 2. The van der Waals surface area contributed by atoms with Crippen LogP contribution in [-0.2, 0) is 32.0 Å². The van der Waals surface area contributed by atoms with Gasteiger partial charge in [0.05, 0.1) is 18.9 Å². The second-order valence-electron chi connectivity index (χ2n) is 8.26. The molecule has 1 aliphatic heterocycles. The molecule has 2 aromatic carbocycles. The molecular formula is C26H33N3O4. The molecule has 0 aliphatic carbocycles. The molecule has 1 fully saturated rings. The van der Waals surface area contributed by atoms with Crippen molar-refractivity contribution in [3.63, 3.8) is 0 Å². The molecule has 0 bridgehead atoms. The van der Waals surface area contributed by atoms with E-state index in [4.69, 9.17) is 4.74 Å². The molecule has 176 valence electrons. The number of para-hydroxylation sites is 1. The summed E-state index contributed by atoms with van der Waals surface area (Å²) in [7, 11) is 0. The molecule has 1 aliphatic rings. The van der Waals surface area contributed by atoms with E-state index in [9.17, 15) is 14.4 Å². The van der Waals surface area contributed by atoms with Gasteiger partial charge in [0, 0.05) is 12.2 Å². The van der Waals surface area contributed by atoms with Crippen molar-refractivity contribution in [2.75, 3.05) is 25.0 Å². The van der Waals surface area contributed by atoms with Crippen molar-refractivity contribution in [2.45, 2.75) is 45.1 Å². The quantitative estimate of drug-likeness (QED) is 0.483. The highest BCUT2D eigenvalue weighted by Gasteiger charge is 2.24. The average Bonchev–Trinajstić information content (AvgIpc) is 2.84. The van der Waals surface area contributed by atoms with Gasteiger partial charge in [0.25, 0.3) is 0 Å². The van der Waals surface area contributed by atoms with Crippen LogP contribution in [0.15, 0.2) is 54.6 Å². The van der Waals surface area contributed by atoms with E-state index < -0.39 is 12.0 Å². The van der Waals surface area contributed by atoms with Gasteiger partial charge in [0.1, 0.15) is 6.04 Å². The van der Waals surface area contributed by atoms with Crippen LogP contribution in [-0.4, -0.2) is 43.5 Å². The molecule has 3 rings (SSSR count). The number of nitrogens with one attached hydrogen (secondary N) is 3. The second-order valence-corrected chi connectivity index (χ2v) is 8.26. The zero-order chi connectivity index (χ0) is 23.5. The van der Waals surface area contributed by atoms with Gasteiger partial charge < -0.3 is 20.7 Å². The summed E-state index contributed by atoms with van der Waals surface area (Å²) >= 11 is 0. The zero-order valence-corrected chi connectivity index (χ0v) is 19.1. The normalized spacial score (nSPS) is 16.5. The van der Waals surface area contributed by atoms with Gasteiger partial charge in [-0.3, -0.25) is 9.59 Å². The van der Waals surface area contributed by atoms with Crippen LogP contribution in [0, 0.1) is 5.92 Å². The predicted molar refractivity (Wildman–Crippen MR) is 128 cm³/mol. The Balaban J connectivity index is 1.62. The third-order valence-corrected chi connectivity index (χ3v) is 5.76. The predicted octanol–water partition coefficient (Wildman–Crippen LogP) is 2.85. The Labute approximate surface area is 195 Å². The van der Waals surface area contributed by atoms with E-state index in [2.05, 4.69) is 16.0 Å². The van der Waals surface area contributed by atoms with E-state index in [0.717, 1.165) is 24.9 Å². The van der Waals surface area contributed by atoms with E-state index in [1.807, 2.05) is 48.5 Å². The number of amides is 2.